The molecule has 2 aliphatic rings. The van der Waals surface area contributed by atoms with E-state index in [4.69, 9.17) is 16.0 Å². The van der Waals surface area contributed by atoms with Gasteiger partial charge in [0.1, 0.15) is 18.1 Å². The van der Waals surface area contributed by atoms with Crippen LogP contribution in [-0.4, -0.2) is 61.5 Å². The van der Waals surface area contributed by atoms with Gasteiger partial charge in [-0.1, -0.05) is 30.3 Å². The van der Waals surface area contributed by atoms with E-state index in [9.17, 15) is 0 Å². The molecule has 0 bridgehead atoms. The van der Waals surface area contributed by atoms with E-state index in [2.05, 4.69) is 50.1 Å². The second-order valence-electron chi connectivity index (χ2n) is 8.90. The van der Waals surface area contributed by atoms with E-state index in [1.54, 1.807) is 7.11 Å². The minimum Gasteiger partial charge on any atom is -0.496 e. The number of piperazine rings is 1. The van der Waals surface area contributed by atoms with Crippen LogP contribution in [0.5, 0.6) is 11.5 Å². The van der Waals surface area contributed by atoms with Crippen molar-refractivity contribution in [3.05, 3.63) is 66.0 Å². The molecule has 0 spiro atoms. The molecule has 3 aromatic carbocycles. The molecule has 0 amide bonds. The highest BCUT2D eigenvalue weighted by molar-refractivity contribution is 6.01. The van der Waals surface area contributed by atoms with E-state index < -0.39 is 0 Å². The van der Waals surface area contributed by atoms with Crippen molar-refractivity contribution in [2.24, 2.45) is 0 Å². The van der Waals surface area contributed by atoms with E-state index in [1.807, 2.05) is 36.4 Å². The lowest BCUT2D eigenvalue weighted by atomic mass is 9.98. The fraction of sp³-hybridized carbons (Fsp3) is 0.259. The van der Waals surface area contributed by atoms with Crippen molar-refractivity contribution in [3.8, 4) is 33.9 Å². The van der Waals surface area contributed by atoms with E-state index in [0.29, 0.717) is 18.3 Å². The lowest BCUT2D eigenvalue weighted by Crippen LogP contribution is -2.56. The molecule has 1 atom stereocenters. The normalized spacial score (nSPS) is 17.6. The van der Waals surface area contributed by atoms with Crippen molar-refractivity contribution >= 4 is 22.3 Å². The third-order valence-corrected chi connectivity index (χ3v) is 6.86. The number of nitrogens with zero attached hydrogens (tertiary/aromatic N) is 4. The molecule has 6 rings (SSSR count). The zero-order chi connectivity index (χ0) is 23.2. The summed E-state index contributed by atoms with van der Waals surface area (Å²) in [7, 11) is 3.81. The number of methoxy groups -OCH3 is 1. The third kappa shape index (κ3) is 3.27. The quantitative estimate of drug-likeness (QED) is 0.446. The lowest BCUT2D eigenvalue weighted by molar-refractivity contribution is 0.188. The number of H-pyrrole nitrogens is 1. The number of para-hydroxylation sites is 1. The Balaban J connectivity index is 1.45. The summed E-state index contributed by atoms with van der Waals surface area (Å²) in [4.78, 5) is 8.60. The summed E-state index contributed by atoms with van der Waals surface area (Å²) in [6, 6.07) is 18.4. The van der Waals surface area contributed by atoms with Gasteiger partial charge in [-0.25, -0.2) is 4.85 Å². The smallest absolute Gasteiger partial charge is 0.197 e. The Labute approximate surface area is 198 Å². The van der Waals surface area contributed by atoms with Crippen molar-refractivity contribution in [2.45, 2.75) is 6.04 Å². The minimum atomic E-state index is 0.388. The van der Waals surface area contributed by atoms with Crippen molar-refractivity contribution in [2.75, 3.05) is 45.3 Å². The first-order valence-corrected chi connectivity index (χ1v) is 11.4. The van der Waals surface area contributed by atoms with Gasteiger partial charge in [-0.2, -0.15) is 5.10 Å². The van der Waals surface area contributed by atoms with Gasteiger partial charge >= 0.3 is 0 Å². The van der Waals surface area contributed by atoms with Gasteiger partial charge in [-0.15, -0.1) is 0 Å². The molecule has 1 fully saturated rings. The Morgan fingerprint density at radius 3 is 2.85 bits per heavy atom. The van der Waals surface area contributed by atoms with E-state index in [0.717, 1.165) is 70.1 Å². The number of anilines is 1. The summed E-state index contributed by atoms with van der Waals surface area (Å²) in [5.74, 6) is 1.64. The van der Waals surface area contributed by atoms with E-state index >= 15 is 0 Å². The molecule has 7 nitrogen and oxygen atoms in total. The number of aromatic nitrogens is 2. The number of hydrogen-bond donors (Lipinski definition) is 1. The van der Waals surface area contributed by atoms with Gasteiger partial charge in [0.15, 0.2) is 5.69 Å². The molecule has 1 saturated heterocycles. The zero-order valence-electron chi connectivity index (χ0n) is 19.2. The number of hydrogen-bond acceptors (Lipinski definition) is 5. The van der Waals surface area contributed by atoms with Crippen LogP contribution in [0.4, 0.5) is 11.4 Å². The second kappa shape index (κ2) is 8.08. The van der Waals surface area contributed by atoms with Crippen LogP contribution in [0.1, 0.15) is 0 Å². The summed E-state index contributed by atoms with van der Waals surface area (Å²) in [6.45, 7) is 11.5. The van der Waals surface area contributed by atoms with Crippen LogP contribution in [0.3, 0.4) is 0 Å². The lowest BCUT2D eigenvalue weighted by Gasteiger charge is -2.44. The molecule has 34 heavy (non-hydrogen) atoms. The molecule has 7 heteroatoms. The van der Waals surface area contributed by atoms with Crippen molar-refractivity contribution < 1.29 is 9.47 Å². The van der Waals surface area contributed by atoms with E-state index in [-0.39, 0.29) is 0 Å². The Bertz CT molecular complexity index is 1440. The molecule has 170 valence electrons. The Kier molecular flexibility index (Phi) is 4.89. The standard InChI is InChI=1S/C27H25N5O2/c1-28-22-14-23-21(13-20(22)19-6-4-5-7-25(19)33-3)27(30-29-23)17-8-9-24-26(12-17)34-16-18-15-31(2)10-11-32(18)24/h4-9,12-14,18H,10-11,15-16H2,2-3H3,(H,29,30). The maximum absolute atomic E-state index is 7.72. The minimum absolute atomic E-state index is 0.388. The van der Waals surface area contributed by atoms with Crippen LogP contribution >= 0.6 is 0 Å². The number of rotatable bonds is 3. The summed E-state index contributed by atoms with van der Waals surface area (Å²) in [5.41, 5.74) is 6.09. The predicted molar refractivity (Wildman–Crippen MR) is 134 cm³/mol. The summed E-state index contributed by atoms with van der Waals surface area (Å²) in [6.07, 6.45) is 0. The van der Waals surface area contributed by atoms with Crippen molar-refractivity contribution in [3.63, 3.8) is 0 Å². The second-order valence-corrected chi connectivity index (χ2v) is 8.90. The Morgan fingerprint density at radius 2 is 2.00 bits per heavy atom. The first kappa shape index (κ1) is 20.6. The van der Waals surface area contributed by atoms with Gasteiger partial charge in [0, 0.05) is 36.1 Å². The first-order chi connectivity index (χ1) is 16.7. The molecule has 1 unspecified atom stereocenters. The first-order valence-electron chi connectivity index (χ1n) is 11.4. The van der Waals surface area contributed by atoms with Crippen molar-refractivity contribution in [1.29, 1.82) is 0 Å². The SMILES string of the molecule is [C-]#[N+]c1cc2[nH]nc(-c3ccc4c(c3)OCC3CN(C)CCN43)c2cc1-c1ccccc1OC. The van der Waals surface area contributed by atoms with Crippen molar-refractivity contribution in [1.82, 2.24) is 15.1 Å². The Hall–Kier alpha value is -4.02. The fourth-order valence-corrected chi connectivity index (χ4v) is 5.12. The molecule has 2 aliphatic heterocycles. The maximum Gasteiger partial charge on any atom is 0.197 e. The van der Waals surface area contributed by atoms with Crippen LogP contribution in [0, 0.1) is 6.57 Å². The largest absolute Gasteiger partial charge is 0.496 e. The molecule has 3 heterocycles. The zero-order valence-corrected chi connectivity index (χ0v) is 19.2. The number of nitrogens with one attached hydrogen (secondary N) is 1. The molecule has 4 aromatic rings. The van der Waals surface area contributed by atoms with Gasteiger partial charge in [-0.3, -0.25) is 5.10 Å². The third-order valence-electron chi connectivity index (χ3n) is 6.86. The number of aromatic amines is 1. The molecule has 1 N–H and O–H groups in total. The average Bonchev–Trinajstić information content (AvgIpc) is 3.30. The average molecular weight is 452 g/mol. The van der Waals surface area contributed by atoms with Crippen LogP contribution < -0.4 is 14.4 Å². The van der Waals surface area contributed by atoms with Gasteiger partial charge in [-0.05, 0) is 36.9 Å². The highest BCUT2D eigenvalue weighted by Gasteiger charge is 2.32. The molecular weight excluding hydrogens is 426 g/mol. The molecular formula is C27H25N5O2. The van der Waals surface area contributed by atoms with Crippen LogP contribution in [-0.2, 0) is 0 Å². The summed E-state index contributed by atoms with van der Waals surface area (Å²) in [5, 5.41) is 8.70. The maximum atomic E-state index is 7.72. The predicted octanol–water partition coefficient (Wildman–Crippen LogP) is 4.97. The fourth-order valence-electron chi connectivity index (χ4n) is 5.12. The molecule has 0 radical (unpaired) electrons. The van der Waals surface area contributed by atoms with Gasteiger partial charge in [0.05, 0.1) is 36.6 Å². The number of fused-ring (bicyclic) bond motifs is 4. The number of ether oxygens (including phenoxy) is 2. The topological polar surface area (TPSA) is 58.0 Å². The molecule has 0 saturated carbocycles. The van der Waals surface area contributed by atoms with Gasteiger partial charge in [0.25, 0.3) is 0 Å². The molecule has 1 aromatic heterocycles. The highest BCUT2D eigenvalue weighted by atomic mass is 16.5. The van der Waals surface area contributed by atoms with Crippen LogP contribution in [0.2, 0.25) is 0 Å². The van der Waals surface area contributed by atoms with Gasteiger partial charge in [0.2, 0.25) is 0 Å². The highest BCUT2D eigenvalue weighted by Crippen LogP contribution is 2.43. The van der Waals surface area contributed by atoms with Gasteiger partial charge < -0.3 is 19.3 Å². The number of benzene rings is 3. The monoisotopic (exact) mass is 451 g/mol. The van der Waals surface area contributed by atoms with Crippen LogP contribution in [0.15, 0.2) is 54.6 Å². The summed E-state index contributed by atoms with van der Waals surface area (Å²) < 4.78 is 11.8. The number of likely N-dealkylation sites (N-methyl/N-ethyl adjacent to an activating group) is 1. The summed E-state index contributed by atoms with van der Waals surface area (Å²) >= 11 is 0. The van der Waals surface area contributed by atoms with Crippen LogP contribution in [0.25, 0.3) is 38.1 Å². The van der Waals surface area contributed by atoms with E-state index in [1.165, 1.54) is 0 Å². The molecule has 0 aliphatic carbocycles. The Morgan fingerprint density at radius 1 is 1.12 bits per heavy atom.